The third-order valence-electron chi connectivity index (χ3n) is 2.65. The van der Waals surface area contributed by atoms with Crippen molar-refractivity contribution in [3.8, 4) is 0 Å². The van der Waals surface area contributed by atoms with E-state index in [4.69, 9.17) is 16.3 Å². The maximum absolute atomic E-state index is 11.9. The Kier molecular flexibility index (Phi) is 4.48. The number of carbonyl (C=O) groups is 2. The van der Waals surface area contributed by atoms with Gasteiger partial charge in [-0.15, -0.1) is 11.6 Å². The Balaban J connectivity index is 2.69. The molecular formula is C12H20ClNO4. The zero-order chi connectivity index (χ0) is 14.0. The number of nitrogens with zero attached hydrogens (tertiary/aromatic N) is 1. The molecule has 1 fully saturated rings. The van der Waals surface area contributed by atoms with Crippen molar-refractivity contribution < 1.29 is 19.1 Å². The molecule has 1 aliphatic heterocycles. The monoisotopic (exact) mass is 277 g/mol. The van der Waals surface area contributed by atoms with Gasteiger partial charge in [-0.1, -0.05) is 0 Å². The summed E-state index contributed by atoms with van der Waals surface area (Å²) in [4.78, 5) is 23.8. The van der Waals surface area contributed by atoms with Gasteiger partial charge >= 0.3 is 12.1 Å². The number of hydrogen-bond acceptors (Lipinski definition) is 4. The Labute approximate surface area is 112 Å². The molecule has 0 aromatic carbocycles. The number of ether oxygens (including phenoxy) is 2. The van der Waals surface area contributed by atoms with E-state index in [1.807, 2.05) is 0 Å². The van der Waals surface area contributed by atoms with E-state index in [9.17, 15) is 9.59 Å². The molecule has 0 bridgehead atoms. The highest BCUT2D eigenvalue weighted by molar-refractivity contribution is 6.34. The largest absolute Gasteiger partial charge is 0.468 e. The van der Waals surface area contributed by atoms with Crippen LogP contribution in [0, 0.1) is 0 Å². The molecule has 0 saturated carbocycles. The number of halogens is 1. The number of methoxy groups -OCH3 is 1. The number of rotatable bonds is 1. The molecule has 1 unspecified atom stereocenters. The second kappa shape index (κ2) is 5.34. The average molecular weight is 278 g/mol. The van der Waals surface area contributed by atoms with Crippen LogP contribution in [0.25, 0.3) is 0 Å². The molecule has 0 aromatic heterocycles. The summed E-state index contributed by atoms with van der Waals surface area (Å²) < 4.78 is 9.93. The van der Waals surface area contributed by atoms with E-state index in [1.165, 1.54) is 12.0 Å². The second-order valence-electron chi connectivity index (χ2n) is 5.46. The molecule has 1 atom stereocenters. The molecule has 0 radical (unpaired) electrons. The van der Waals surface area contributed by atoms with Crippen LogP contribution < -0.4 is 0 Å². The van der Waals surface area contributed by atoms with Crippen molar-refractivity contribution in [2.45, 2.75) is 44.1 Å². The first-order chi connectivity index (χ1) is 8.18. The van der Waals surface area contributed by atoms with Crippen LogP contribution in [0.4, 0.5) is 4.79 Å². The lowest BCUT2D eigenvalue weighted by Crippen LogP contribution is -2.52. The van der Waals surface area contributed by atoms with Crippen LogP contribution in [-0.4, -0.2) is 47.6 Å². The Morgan fingerprint density at radius 2 is 1.94 bits per heavy atom. The van der Waals surface area contributed by atoms with Crippen molar-refractivity contribution in [1.29, 1.82) is 0 Å². The smallest absolute Gasteiger partial charge is 0.410 e. The van der Waals surface area contributed by atoms with Crippen molar-refractivity contribution >= 4 is 23.7 Å². The van der Waals surface area contributed by atoms with E-state index in [-0.39, 0.29) is 6.54 Å². The highest BCUT2D eigenvalue weighted by Crippen LogP contribution is 2.30. The lowest BCUT2D eigenvalue weighted by atomic mass is 9.97. The van der Waals surface area contributed by atoms with E-state index in [2.05, 4.69) is 4.74 Å². The Morgan fingerprint density at radius 1 is 1.33 bits per heavy atom. The number of likely N-dealkylation sites (tertiary alicyclic amines) is 1. The Hall–Kier alpha value is -0.970. The lowest BCUT2D eigenvalue weighted by molar-refractivity contribution is -0.145. The van der Waals surface area contributed by atoms with Crippen molar-refractivity contribution in [3.05, 3.63) is 0 Å². The molecule has 1 saturated heterocycles. The van der Waals surface area contributed by atoms with Gasteiger partial charge in [-0.3, -0.25) is 4.79 Å². The van der Waals surface area contributed by atoms with Gasteiger partial charge in [0.2, 0.25) is 0 Å². The van der Waals surface area contributed by atoms with Gasteiger partial charge in [0.1, 0.15) is 5.60 Å². The fraction of sp³-hybridized carbons (Fsp3) is 0.833. The van der Waals surface area contributed by atoms with Gasteiger partial charge in [0.05, 0.1) is 13.7 Å². The minimum Gasteiger partial charge on any atom is -0.468 e. The molecular weight excluding hydrogens is 258 g/mol. The van der Waals surface area contributed by atoms with Gasteiger partial charge < -0.3 is 14.4 Å². The third-order valence-corrected chi connectivity index (χ3v) is 3.11. The molecule has 0 N–H and O–H groups in total. The number of carbonyl (C=O) groups excluding carboxylic acids is 2. The van der Waals surface area contributed by atoms with E-state index in [1.54, 1.807) is 20.8 Å². The number of hydrogen-bond donors (Lipinski definition) is 0. The van der Waals surface area contributed by atoms with Crippen LogP contribution in [-0.2, 0) is 14.3 Å². The summed E-state index contributed by atoms with van der Waals surface area (Å²) in [7, 11) is 1.29. The number of piperidine rings is 1. The molecule has 104 valence electrons. The summed E-state index contributed by atoms with van der Waals surface area (Å²) in [6, 6.07) is 0. The number of amides is 1. The van der Waals surface area contributed by atoms with Gasteiger partial charge in [-0.2, -0.15) is 0 Å². The molecule has 5 nitrogen and oxygen atoms in total. The molecule has 0 aromatic rings. The second-order valence-corrected chi connectivity index (χ2v) is 6.19. The normalized spacial score (nSPS) is 24.6. The summed E-state index contributed by atoms with van der Waals surface area (Å²) in [6.07, 6.45) is 0.703. The fourth-order valence-corrected chi connectivity index (χ4v) is 2.20. The molecule has 1 amide bonds. The van der Waals surface area contributed by atoms with Gasteiger partial charge in [0, 0.05) is 6.54 Å². The van der Waals surface area contributed by atoms with Gasteiger partial charge in [-0.05, 0) is 33.6 Å². The standard InChI is InChI=1S/C12H20ClNO4/c1-11(2,3)18-10(16)14-7-5-6-12(13,8-14)9(15)17-4/h5-8H2,1-4H3. The Bertz CT molecular complexity index is 339. The summed E-state index contributed by atoms with van der Waals surface area (Å²) in [5.41, 5.74) is -0.561. The average Bonchev–Trinajstić information content (AvgIpc) is 2.25. The topological polar surface area (TPSA) is 55.8 Å². The number of esters is 1. The van der Waals surface area contributed by atoms with Gasteiger partial charge in [0.15, 0.2) is 4.87 Å². The van der Waals surface area contributed by atoms with E-state index in [0.717, 1.165) is 0 Å². The summed E-state index contributed by atoms with van der Waals surface area (Å²) >= 11 is 6.21. The minimum atomic E-state index is -1.15. The summed E-state index contributed by atoms with van der Waals surface area (Å²) in [5, 5.41) is 0. The van der Waals surface area contributed by atoms with Crippen LogP contribution in [0.5, 0.6) is 0 Å². The molecule has 1 heterocycles. The SMILES string of the molecule is COC(=O)C1(Cl)CCCN(C(=O)OC(C)(C)C)C1. The maximum atomic E-state index is 11.9. The minimum absolute atomic E-state index is 0.121. The zero-order valence-electron chi connectivity index (χ0n) is 11.3. The quantitative estimate of drug-likeness (QED) is 0.544. The molecule has 6 heteroatoms. The van der Waals surface area contributed by atoms with Crippen molar-refractivity contribution in [3.63, 3.8) is 0 Å². The molecule has 0 aliphatic carbocycles. The fourth-order valence-electron chi connectivity index (χ4n) is 1.84. The van der Waals surface area contributed by atoms with Crippen LogP contribution in [0.3, 0.4) is 0 Å². The Morgan fingerprint density at radius 3 is 2.44 bits per heavy atom. The van der Waals surface area contributed by atoms with Crippen LogP contribution in [0.2, 0.25) is 0 Å². The summed E-state index contributed by atoms with van der Waals surface area (Å²) in [6.45, 7) is 6.05. The first kappa shape index (κ1) is 15.1. The zero-order valence-corrected chi connectivity index (χ0v) is 12.0. The first-order valence-electron chi connectivity index (χ1n) is 5.93. The van der Waals surface area contributed by atoms with Crippen LogP contribution >= 0.6 is 11.6 Å². The summed E-state index contributed by atoms with van der Waals surface area (Å²) in [5.74, 6) is -0.502. The van der Waals surface area contributed by atoms with E-state index < -0.39 is 22.5 Å². The molecule has 18 heavy (non-hydrogen) atoms. The van der Waals surface area contributed by atoms with Gasteiger partial charge in [0.25, 0.3) is 0 Å². The van der Waals surface area contributed by atoms with Crippen molar-refractivity contribution in [2.75, 3.05) is 20.2 Å². The van der Waals surface area contributed by atoms with E-state index in [0.29, 0.717) is 19.4 Å². The highest BCUT2D eigenvalue weighted by Gasteiger charge is 2.43. The van der Waals surface area contributed by atoms with Gasteiger partial charge in [-0.25, -0.2) is 4.79 Å². The highest BCUT2D eigenvalue weighted by atomic mass is 35.5. The van der Waals surface area contributed by atoms with Crippen molar-refractivity contribution in [2.24, 2.45) is 0 Å². The molecule has 0 spiro atoms. The van der Waals surface area contributed by atoms with Crippen molar-refractivity contribution in [1.82, 2.24) is 4.90 Å². The lowest BCUT2D eigenvalue weighted by Gasteiger charge is -2.37. The predicted molar refractivity (Wildman–Crippen MR) is 67.6 cm³/mol. The predicted octanol–water partition coefficient (Wildman–Crippen LogP) is 2.17. The molecule has 1 rings (SSSR count). The molecule has 1 aliphatic rings. The van der Waals surface area contributed by atoms with Crippen LogP contribution in [0.15, 0.2) is 0 Å². The third kappa shape index (κ3) is 3.77. The maximum Gasteiger partial charge on any atom is 0.410 e. The first-order valence-corrected chi connectivity index (χ1v) is 6.31. The number of alkyl halides is 1. The van der Waals surface area contributed by atoms with Crippen LogP contribution in [0.1, 0.15) is 33.6 Å². The van der Waals surface area contributed by atoms with E-state index >= 15 is 0 Å².